The Morgan fingerprint density at radius 1 is 1.12 bits per heavy atom. The molecule has 2 nitrogen and oxygen atoms in total. The van der Waals surface area contributed by atoms with Crippen LogP contribution in [0.4, 0.5) is 8.78 Å². The summed E-state index contributed by atoms with van der Waals surface area (Å²) < 4.78 is 26.2. The molecule has 2 rings (SSSR count). The van der Waals surface area contributed by atoms with Crippen LogP contribution in [0.3, 0.4) is 0 Å². The van der Waals surface area contributed by atoms with Crippen molar-refractivity contribution in [2.45, 2.75) is 9.92 Å². The van der Waals surface area contributed by atoms with E-state index in [1.807, 2.05) is 0 Å². The van der Waals surface area contributed by atoms with E-state index in [4.69, 9.17) is 11.6 Å². The van der Waals surface area contributed by atoms with Gasteiger partial charge in [0.25, 0.3) is 0 Å². The summed E-state index contributed by atoms with van der Waals surface area (Å²) in [5.41, 5.74) is 0. The van der Waals surface area contributed by atoms with Crippen LogP contribution >= 0.6 is 23.4 Å². The van der Waals surface area contributed by atoms with E-state index in [-0.39, 0.29) is 10.0 Å². The molecule has 0 saturated heterocycles. The molecule has 0 fully saturated rings. The first-order chi connectivity index (χ1) is 7.65. The van der Waals surface area contributed by atoms with Crippen LogP contribution in [-0.4, -0.2) is 9.97 Å². The quantitative estimate of drug-likeness (QED) is 0.771. The van der Waals surface area contributed by atoms with Gasteiger partial charge in [0, 0.05) is 6.07 Å². The third-order valence-electron chi connectivity index (χ3n) is 1.72. The topological polar surface area (TPSA) is 25.8 Å². The van der Waals surface area contributed by atoms with Crippen molar-refractivity contribution in [2.24, 2.45) is 0 Å². The van der Waals surface area contributed by atoms with E-state index in [2.05, 4.69) is 9.97 Å². The highest BCUT2D eigenvalue weighted by atomic mass is 35.5. The molecule has 2 aromatic rings. The van der Waals surface area contributed by atoms with E-state index in [1.54, 1.807) is 0 Å². The molecule has 1 aromatic heterocycles. The SMILES string of the molecule is Fc1ccc(F)c(Sc2cc(Cl)ncn2)c1. The molecule has 0 aliphatic rings. The van der Waals surface area contributed by atoms with Crippen LogP contribution in [0.1, 0.15) is 0 Å². The van der Waals surface area contributed by atoms with E-state index >= 15 is 0 Å². The van der Waals surface area contributed by atoms with E-state index in [9.17, 15) is 8.78 Å². The van der Waals surface area contributed by atoms with Gasteiger partial charge < -0.3 is 0 Å². The zero-order valence-corrected chi connectivity index (χ0v) is 9.40. The van der Waals surface area contributed by atoms with Gasteiger partial charge in [-0.25, -0.2) is 18.7 Å². The van der Waals surface area contributed by atoms with Crippen molar-refractivity contribution in [1.29, 1.82) is 0 Å². The minimum atomic E-state index is -0.499. The second kappa shape index (κ2) is 4.76. The third kappa shape index (κ3) is 2.68. The van der Waals surface area contributed by atoms with E-state index in [0.29, 0.717) is 5.03 Å². The lowest BCUT2D eigenvalue weighted by atomic mass is 10.3. The molecule has 0 bridgehead atoms. The minimum absolute atomic E-state index is 0.162. The van der Waals surface area contributed by atoms with Crippen LogP contribution in [0.5, 0.6) is 0 Å². The van der Waals surface area contributed by atoms with Crippen LogP contribution in [0, 0.1) is 11.6 Å². The Morgan fingerprint density at radius 2 is 1.94 bits per heavy atom. The Bertz CT molecular complexity index is 522. The third-order valence-corrected chi connectivity index (χ3v) is 2.89. The summed E-state index contributed by atoms with van der Waals surface area (Å²) in [6, 6.07) is 4.72. The van der Waals surface area contributed by atoms with Crippen molar-refractivity contribution < 1.29 is 8.78 Å². The summed E-state index contributed by atoms with van der Waals surface area (Å²) in [7, 11) is 0. The Labute approximate surface area is 99.7 Å². The number of nitrogens with zero attached hydrogens (tertiary/aromatic N) is 2. The van der Waals surface area contributed by atoms with Gasteiger partial charge in [-0.1, -0.05) is 23.4 Å². The summed E-state index contributed by atoms with van der Waals surface area (Å²) in [5.74, 6) is -0.995. The second-order valence-electron chi connectivity index (χ2n) is 2.86. The largest absolute Gasteiger partial charge is 0.230 e. The van der Waals surface area contributed by atoms with E-state index in [1.165, 1.54) is 12.4 Å². The lowest BCUT2D eigenvalue weighted by Crippen LogP contribution is -1.86. The fourth-order valence-corrected chi connectivity index (χ4v) is 2.09. The van der Waals surface area contributed by atoms with Crippen LogP contribution in [-0.2, 0) is 0 Å². The first-order valence-electron chi connectivity index (χ1n) is 4.25. The lowest BCUT2D eigenvalue weighted by Gasteiger charge is -2.02. The standard InChI is InChI=1S/C10H5ClF2N2S/c11-9-4-10(15-5-14-9)16-8-3-6(12)1-2-7(8)13/h1-5H. The molecule has 6 heteroatoms. The molecule has 0 N–H and O–H groups in total. The fourth-order valence-electron chi connectivity index (χ4n) is 1.04. The number of benzene rings is 1. The molecule has 0 spiro atoms. The van der Waals surface area contributed by atoms with Gasteiger partial charge in [-0.3, -0.25) is 0 Å². The predicted octanol–water partition coefficient (Wildman–Crippen LogP) is 3.56. The van der Waals surface area contributed by atoms with Gasteiger partial charge in [0.05, 0.1) is 4.90 Å². The summed E-state index contributed by atoms with van der Waals surface area (Å²) in [4.78, 5) is 7.74. The average molecular weight is 259 g/mol. The highest BCUT2D eigenvalue weighted by Crippen LogP contribution is 2.29. The van der Waals surface area contributed by atoms with Crippen LogP contribution in [0.2, 0.25) is 5.15 Å². The molecule has 16 heavy (non-hydrogen) atoms. The molecule has 0 saturated carbocycles. The maximum Gasteiger partial charge on any atom is 0.137 e. The highest BCUT2D eigenvalue weighted by Gasteiger charge is 2.07. The van der Waals surface area contributed by atoms with Crippen molar-refractivity contribution in [1.82, 2.24) is 9.97 Å². The van der Waals surface area contributed by atoms with Crippen molar-refractivity contribution in [3.63, 3.8) is 0 Å². The molecule has 0 atom stereocenters. The van der Waals surface area contributed by atoms with Gasteiger partial charge in [-0.15, -0.1) is 0 Å². The molecule has 0 unspecified atom stereocenters. The van der Waals surface area contributed by atoms with Crippen LogP contribution in [0.15, 0.2) is 40.5 Å². The second-order valence-corrected chi connectivity index (χ2v) is 4.31. The zero-order valence-electron chi connectivity index (χ0n) is 7.82. The minimum Gasteiger partial charge on any atom is -0.230 e. The van der Waals surface area contributed by atoms with Gasteiger partial charge in [0.15, 0.2) is 0 Å². The van der Waals surface area contributed by atoms with E-state index < -0.39 is 11.6 Å². The summed E-state index contributed by atoms with van der Waals surface area (Å²) in [6.45, 7) is 0. The van der Waals surface area contributed by atoms with Crippen molar-refractivity contribution >= 4 is 23.4 Å². The smallest absolute Gasteiger partial charge is 0.137 e. The summed E-state index contributed by atoms with van der Waals surface area (Å²) in [6.07, 6.45) is 1.27. The van der Waals surface area contributed by atoms with Crippen molar-refractivity contribution in [3.05, 3.63) is 47.4 Å². The number of hydrogen-bond donors (Lipinski definition) is 0. The molecular weight excluding hydrogens is 254 g/mol. The molecular formula is C10H5ClF2N2S. The zero-order chi connectivity index (χ0) is 11.5. The maximum atomic E-state index is 13.3. The first kappa shape index (κ1) is 11.3. The van der Waals surface area contributed by atoms with Crippen molar-refractivity contribution in [2.75, 3.05) is 0 Å². The first-order valence-corrected chi connectivity index (χ1v) is 5.45. The lowest BCUT2D eigenvalue weighted by molar-refractivity contribution is 0.577. The Hall–Kier alpha value is -1.20. The Kier molecular flexibility index (Phi) is 3.36. The van der Waals surface area contributed by atoms with Gasteiger partial charge >= 0.3 is 0 Å². The van der Waals surface area contributed by atoms with Crippen molar-refractivity contribution in [3.8, 4) is 0 Å². The molecule has 0 aliphatic carbocycles. The predicted molar refractivity (Wildman–Crippen MR) is 57.5 cm³/mol. The molecule has 0 aliphatic heterocycles. The van der Waals surface area contributed by atoms with Gasteiger partial charge in [-0.05, 0) is 18.2 Å². The Balaban J connectivity index is 2.30. The van der Waals surface area contributed by atoms with Gasteiger partial charge in [0.1, 0.15) is 28.1 Å². The number of hydrogen-bond acceptors (Lipinski definition) is 3. The van der Waals surface area contributed by atoms with E-state index in [0.717, 1.165) is 30.0 Å². The number of halogens is 3. The normalized spacial score (nSPS) is 10.4. The number of rotatable bonds is 2. The van der Waals surface area contributed by atoms with Crippen LogP contribution in [0.25, 0.3) is 0 Å². The molecule has 0 amide bonds. The summed E-state index contributed by atoms with van der Waals surface area (Å²) >= 11 is 6.64. The van der Waals surface area contributed by atoms with Gasteiger partial charge in [0.2, 0.25) is 0 Å². The molecule has 1 aromatic carbocycles. The maximum absolute atomic E-state index is 13.3. The fraction of sp³-hybridized carbons (Fsp3) is 0. The molecule has 1 heterocycles. The van der Waals surface area contributed by atoms with Crippen LogP contribution < -0.4 is 0 Å². The average Bonchev–Trinajstić information content (AvgIpc) is 2.24. The molecule has 0 radical (unpaired) electrons. The van der Waals surface area contributed by atoms with Gasteiger partial charge in [-0.2, -0.15) is 0 Å². The highest BCUT2D eigenvalue weighted by molar-refractivity contribution is 7.99. The molecule has 82 valence electrons. The monoisotopic (exact) mass is 258 g/mol. The Morgan fingerprint density at radius 3 is 2.69 bits per heavy atom. The number of aromatic nitrogens is 2. The summed E-state index contributed by atoms with van der Waals surface area (Å²) in [5, 5.41) is 0.721.